The fourth-order valence-corrected chi connectivity index (χ4v) is 2.98. The number of benzene rings is 2. The first kappa shape index (κ1) is 18.6. The highest BCUT2D eigenvalue weighted by molar-refractivity contribution is 9.10. The first-order chi connectivity index (χ1) is 11.5. The van der Waals surface area contributed by atoms with Gasteiger partial charge in [-0.3, -0.25) is 0 Å². The summed E-state index contributed by atoms with van der Waals surface area (Å²) < 4.78 is 16.8. The maximum atomic E-state index is 6.18. The molecule has 128 valence electrons. The zero-order valence-corrected chi connectivity index (χ0v) is 16.4. The number of rotatable bonds is 5. The monoisotopic (exact) mass is 430 g/mol. The van der Waals surface area contributed by atoms with Gasteiger partial charge in [-0.2, -0.15) is 0 Å². The standard InChI is InChI=1S/C16H16BrClN2O3S/c1-21-13-7-10(8-14(22-2)15(13)23-3)19-16(24)20-12-5-4-9(17)6-11(12)18/h4-8H,1-3H3,(H2,19,20,24). The van der Waals surface area contributed by atoms with Crippen molar-refractivity contribution < 1.29 is 14.2 Å². The van der Waals surface area contributed by atoms with E-state index in [-0.39, 0.29) is 0 Å². The molecule has 5 nitrogen and oxygen atoms in total. The average Bonchev–Trinajstić information content (AvgIpc) is 2.56. The number of methoxy groups -OCH3 is 3. The van der Waals surface area contributed by atoms with E-state index in [4.69, 9.17) is 38.0 Å². The first-order valence-electron chi connectivity index (χ1n) is 6.81. The average molecular weight is 432 g/mol. The van der Waals surface area contributed by atoms with Gasteiger partial charge in [0.25, 0.3) is 0 Å². The van der Waals surface area contributed by atoms with Crippen LogP contribution in [0.5, 0.6) is 17.2 Å². The topological polar surface area (TPSA) is 51.8 Å². The predicted octanol–water partition coefficient (Wildman–Crippen LogP) is 4.94. The number of nitrogens with one attached hydrogen (secondary N) is 2. The second kappa shape index (κ2) is 8.41. The molecular formula is C16H16BrClN2O3S. The molecule has 24 heavy (non-hydrogen) atoms. The minimum atomic E-state index is 0.383. The summed E-state index contributed by atoms with van der Waals surface area (Å²) in [5.74, 6) is 1.58. The van der Waals surface area contributed by atoms with Gasteiger partial charge in [-0.05, 0) is 30.4 Å². The summed E-state index contributed by atoms with van der Waals surface area (Å²) in [6.07, 6.45) is 0. The molecular weight excluding hydrogens is 416 g/mol. The third-order valence-electron chi connectivity index (χ3n) is 3.10. The lowest BCUT2D eigenvalue weighted by Gasteiger charge is -2.16. The summed E-state index contributed by atoms with van der Waals surface area (Å²) in [4.78, 5) is 0. The molecule has 0 radical (unpaired) electrons. The highest BCUT2D eigenvalue weighted by Gasteiger charge is 2.14. The van der Waals surface area contributed by atoms with Crippen molar-refractivity contribution in [2.45, 2.75) is 0 Å². The van der Waals surface area contributed by atoms with Crippen molar-refractivity contribution in [1.82, 2.24) is 0 Å². The Morgan fingerprint density at radius 1 is 1.00 bits per heavy atom. The number of hydrogen-bond acceptors (Lipinski definition) is 4. The maximum absolute atomic E-state index is 6.18. The highest BCUT2D eigenvalue weighted by atomic mass is 79.9. The van der Waals surface area contributed by atoms with Crippen molar-refractivity contribution in [1.29, 1.82) is 0 Å². The predicted molar refractivity (Wildman–Crippen MR) is 105 cm³/mol. The lowest BCUT2D eigenvalue weighted by atomic mass is 10.2. The van der Waals surface area contributed by atoms with E-state index in [0.29, 0.717) is 38.8 Å². The van der Waals surface area contributed by atoms with Crippen molar-refractivity contribution in [3.8, 4) is 17.2 Å². The van der Waals surface area contributed by atoms with Crippen molar-refractivity contribution in [3.05, 3.63) is 39.8 Å². The van der Waals surface area contributed by atoms with Crippen LogP contribution in [-0.4, -0.2) is 26.4 Å². The summed E-state index contributed by atoms with van der Waals surface area (Å²) in [6.45, 7) is 0. The fraction of sp³-hybridized carbons (Fsp3) is 0.188. The molecule has 0 amide bonds. The van der Waals surface area contributed by atoms with Crippen molar-refractivity contribution in [3.63, 3.8) is 0 Å². The molecule has 0 saturated heterocycles. The molecule has 0 aliphatic carbocycles. The summed E-state index contributed by atoms with van der Waals surface area (Å²) in [5.41, 5.74) is 1.39. The first-order valence-corrected chi connectivity index (χ1v) is 8.39. The minimum Gasteiger partial charge on any atom is -0.493 e. The van der Waals surface area contributed by atoms with Crippen LogP contribution in [0.2, 0.25) is 5.02 Å². The Morgan fingerprint density at radius 2 is 1.62 bits per heavy atom. The molecule has 2 rings (SSSR count). The summed E-state index contributed by atoms with van der Waals surface area (Å²) in [5, 5.41) is 7.05. The van der Waals surface area contributed by atoms with E-state index < -0.39 is 0 Å². The minimum absolute atomic E-state index is 0.383. The van der Waals surface area contributed by atoms with Crippen LogP contribution < -0.4 is 24.8 Å². The molecule has 0 heterocycles. The molecule has 0 atom stereocenters. The van der Waals surface area contributed by atoms with E-state index in [2.05, 4.69) is 26.6 Å². The lowest BCUT2D eigenvalue weighted by Crippen LogP contribution is -2.19. The van der Waals surface area contributed by atoms with E-state index in [1.807, 2.05) is 12.1 Å². The molecule has 0 saturated carbocycles. The van der Waals surface area contributed by atoms with E-state index in [0.717, 1.165) is 4.47 Å². The van der Waals surface area contributed by atoms with Crippen LogP contribution in [0, 0.1) is 0 Å². The second-order valence-electron chi connectivity index (χ2n) is 4.62. The molecule has 0 aliphatic heterocycles. The van der Waals surface area contributed by atoms with Crippen molar-refractivity contribution >= 4 is 56.2 Å². The van der Waals surface area contributed by atoms with Gasteiger partial charge >= 0.3 is 0 Å². The van der Waals surface area contributed by atoms with Crippen LogP contribution in [0.4, 0.5) is 11.4 Å². The maximum Gasteiger partial charge on any atom is 0.203 e. The van der Waals surface area contributed by atoms with E-state index in [9.17, 15) is 0 Å². The number of ether oxygens (including phenoxy) is 3. The molecule has 2 N–H and O–H groups in total. The van der Waals surface area contributed by atoms with Crippen LogP contribution in [0.1, 0.15) is 0 Å². The Kier molecular flexibility index (Phi) is 6.53. The SMILES string of the molecule is COc1cc(NC(=S)Nc2ccc(Br)cc2Cl)cc(OC)c1OC. The normalized spacial score (nSPS) is 10.0. The third kappa shape index (κ3) is 4.43. The molecule has 8 heteroatoms. The van der Waals surface area contributed by atoms with Gasteiger partial charge in [0.05, 0.1) is 32.0 Å². The summed E-state index contributed by atoms with van der Waals surface area (Å²) in [7, 11) is 4.66. The van der Waals surface area contributed by atoms with E-state index in [1.165, 1.54) is 0 Å². The Bertz CT molecular complexity index is 733. The third-order valence-corrected chi connectivity index (χ3v) is 4.11. The van der Waals surface area contributed by atoms with Crippen molar-refractivity contribution in [2.24, 2.45) is 0 Å². The molecule has 0 fully saturated rings. The van der Waals surface area contributed by atoms with Crippen LogP contribution >= 0.6 is 39.7 Å². The van der Waals surface area contributed by atoms with E-state index in [1.54, 1.807) is 39.5 Å². The van der Waals surface area contributed by atoms with Crippen LogP contribution in [0.3, 0.4) is 0 Å². The molecule has 0 spiro atoms. The Labute approximate surface area is 159 Å². The van der Waals surface area contributed by atoms with Crippen LogP contribution in [0.15, 0.2) is 34.8 Å². The second-order valence-corrected chi connectivity index (χ2v) is 6.35. The van der Waals surface area contributed by atoms with E-state index >= 15 is 0 Å². The van der Waals surface area contributed by atoms with Gasteiger partial charge in [0.1, 0.15) is 0 Å². The molecule has 2 aromatic carbocycles. The van der Waals surface area contributed by atoms with Gasteiger partial charge in [-0.1, -0.05) is 27.5 Å². The van der Waals surface area contributed by atoms with Gasteiger partial charge in [-0.25, -0.2) is 0 Å². The molecule has 0 bridgehead atoms. The number of thiocarbonyl (C=S) groups is 1. The van der Waals surface area contributed by atoms with Crippen LogP contribution in [0.25, 0.3) is 0 Å². The van der Waals surface area contributed by atoms with Crippen LogP contribution in [-0.2, 0) is 0 Å². The summed E-state index contributed by atoms with van der Waals surface area (Å²) >= 11 is 14.9. The van der Waals surface area contributed by atoms with Crippen molar-refractivity contribution in [2.75, 3.05) is 32.0 Å². The van der Waals surface area contributed by atoms with Gasteiger partial charge in [0.15, 0.2) is 16.6 Å². The molecule has 0 aromatic heterocycles. The molecule has 0 unspecified atom stereocenters. The number of halogens is 2. The fourth-order valence-electron chi connectivity index (χ4n) is 2.03. The number of anilines is 2. The Hall–Kier alpha value is -1.70. The van der Waals surface area contributed by atoms with Gasteiger partial charge in [0.2, 0.25) is 5.75 Å². The van der Waals surface area contributed by atoms with Gasteiger partial charge in [0, 0.05) is 22.3 Å². The highest BCUT2D eigenvalue weighted by Crippen LogP contribution is 2.40. The molecule has 2 aromatic rings. The van der Waals surface area contributed by atoms with Gasteiger partial charge in [-0.15, -0.1) is 0 Å². The molecule has 0 aliphatic rings. The Morgan fingerprint density at radius 3 is 2.12 bits per heavy atom. The summed E-state index contributed by atoms with van der Waals surface area (Å²) in [6, 6.07) is 9.01. The lowest BCUT2D eigenvalue weighted by molar-refractivity contribution is 0.324. The largest absolute Gasteiger partial charge is 0.493 e. The zero-order chi connectivity index (χ0) is 17.7. The quantitative estimate of drug-likeness (QED) is 0.654. The zero-order valence-electron chi connectivity index (χ0n) is 13.3. The smallest absolute Gasteiger partial charge is 0.203 e. The Balaban J connectivity index is 2.19. The van der Waals surface area contributed by atoms with Gasteiger partial charge < -0.3 is 24.8 Å². The number of hydrogen-bond donors (Lipinski definition) is 2.